The third-order valence-electron chi connectivity index (χ3n) is 3.41. The van der Waals surface area contributed by atoms with Crippen LogP contribution in [0.2, 0.25) is 0 Å². The second-order valence-electron chi connectivity index (χ2n) is 6.10. The summed E-state index contributed by atoms with van der Waals surface area (Å²) in [6.07, 6.45) is 2.37. The maximum atomic E-state index is 5.77. The van der Waals surface area contributed by atoms with Crippen molar-refractivity contribution in [1.29, 1.82) is 0 Å². The van der Waals surface area contributed by atoms with E-state index < -0.39 is 0 Å². The van der Waals surface area contributed by atoms with Gasteiger partial charge >= 0.3 is 0 Å². The number of benzene rings is 2. The predicted molar refractivity (Wildman–Crippen MR) is 103 cm³/mol. The number of rotatable bonds is 5. The summed E-state index contributed by atoms with van der Waals surface area (Å²) in [4.78, 5) is 0. The molecule has 3 heteroatoms. The van der Waals surface area contributed by atoms with Gasteiger partial charge in [-0.3, -0.25) is 0 Å². The van der Waals surface area contributed by atoms with Crippen molar-refractivity contribution in [3.05, 3.63) is 60.7 Å². The van der Waals surface area contributed by atoms with Crippen LogP contribution in [0.5, 0.6) is 0 Å². The molecule has 0 amide bonds. The van der Waals surface area contributed by atoms with E-state index >= 15 is 0 Å². The summed E-state index contributed by atoms with van der Waals surface area (Å²) in [7, 11) is -0.281. The van der Waals surface area contributed by atoms with E-state index in [-0.39, 0.29) is 19.8 Å². The fourth-order valence-electron chi connectivity index (χ4n) is 2.15. The van der Waals surface area contributed by atoms with E-state index in [1.54, 1.807) is 0 Å². The minimum absolute atomic E-state index is 0.277. The molecule has 2 aromatic carbocycles. The molecular weight excluding hydrogens is 310 g/mol. The largest absolute Gasteiger partial charge is 0.180 e. The fraction of sp³-hybridized carbons (Fsp3) is 0.333. The molecule has 0 bridgehead atoms. The smallest absolute Gasteiger partial charge is 0.0622 e. The third kappa shape index (κ3) is 4.96. The van der Waals surface area contributed by atoms with Gasteiger partial charge in [-0.1, -0.05) is 60.7 Å². The highest BCUT2D eigenvalue weighted by Gasteiger charge is 2.29. The van der Waals surface area contributed by atoms with Crippen LogP contribution in [0, 0.1) is 0 Å². The predicted octanol–water partition coefficient (Wildman–Crippen LogP) is 4.86. The molecule has 0 saturated heterocycles. The molecule has 2 aromatic rings. The molecule has 0 spiro atoms. The van der Waals surface area contributed by atoms with Gasteiger partial charge < -0.3 is 0 Å². The van der Waals surface area contributed by atoms with Crippen molar-refractivity contribution in [3.63, 3.8) is 0 Å². The van der Waals surface area contributed by atoms with Crippen LogP contribution in [0.3, 0.4) is 0 Å². The van der Waals surface area contributed by atoms with Gasteiger partial charge in [0.05, 0.1) is 0 Å². The Labute approximate surface area is 136 Å². The van der Waals surface area contributed by atoms with Crippen molar-refractivity contribution in [1.82, 2.24) is 0 Å². The summed E-state index contributed by atoms with van der Waals surface area (Å²) in [5.41, 5.74) is 0. The zero-order chi connectivity index (χ0) is 15.3. The minimum Gasteiger partial charge on any atom is -0.0622 e. The maximum Gasteiger partial charge on any atom is 0.180 e. The third-order valence-corrected chi connectivity index (χ3v) is 10.6. The quantitative estimate of drug-likeness (QED) is 0.704. The highest BCUT2D eigenvalue weighted by Crippen LogP contribution is 2.43. The first kappa shape index (κ1) is 16.8. The molecule has 2 rings (SSSR count). The Morgan fingerprint density at radius 1 is 0.857 bits per heavy atom. The summed E-state index contributed by atoms with van der Waals surface area (Å²) < 4.78 is 0. The van der Waals surface area contributed by atoms with Gasteiger partial charge in [-0.25, -0.2) is 0 Å². The summed E-state index contributed by atoms with van der Waals surface area (Å²) in [6, 6.07) is 21.8. The normalized spacial score (nSPS) is 12.5. The number of hydrogen-bond acceptors (Lipinski definition) is 1. The van der Waals surface area contributed by atoms with Crippen LogP contribution in [-0.2, 0) is 11.8 Å². The van der Waals surface area contributed by atoms with Crippen molar-refractivity contribution in [2.24, 2.45) is 0 Å². The molecule has 0 saturated carbocycles. The molecular formula is C18H23P2S+. The molecule has 0 fully saturated rings. The van der Waals surface area contributed by atoms with Crippen LogP contribution >= 0.6 is 14.6 Å². The van der Waals surface area contributed by atoms with Crippen LogP contribution in [0.4, 0.5) is 0 Å². The van der Waals surface area contributed by atoms with Gasteiger partial charge in [0.15, 0.2) is 18.5 Å². The molecule has 0 N–H and O–H groups in total. The Morgan fingerprint density at radius 2 is 1.29 bits per heavy atom. The molecule has 0 heterocycles. The van der Waals surface area contributed by atoms with E-state index in [0.29, 0.717) is 0 Å². The van der Waals surface area contributed by atoms with E-state index in [4.69, 9.17) is 11.8 Å². The lowest BCUT2D eigenvalue weighted by molar-refractivity contribution is 0.792. The molecule has 0 radical (unpaired) electrons. The van der Waals surface area contributed by atoms with Crippen LogP contribution < -0.4 is 10.6 Å². The van der Waals surface area contributed by atoms with Crippen LogP contribution in [-0.4, -0.2) is 17.5 Å². The molecule has 0 nitrogen and oxygen atoms in total. The average molecular weight is 333 g/mol. The van der Waals surface area contributed by atoms with Gasteiger partial charge in [0, 0.05) is 6.16 Å². The highest BCUT2D eigenvalue weighted by atomic mass is 32.4. The fourth-order valence-corrected chi connectivity index (χ4v) is 6.96. The van der Waals surface area contributed by atoms with Gasteiger partial charge in [-0.2, -0.15) is 0 Å². The zero-order valence-electron chi connectivity index (χ0n) is 13.0. The Balaban J connectivity index is 2.20. The number of hydrogen-bond donors (Lipinski definition) is 0. The first-order valence-electron chi connectivity index (χ1n) is 7.31. The lowest BCUT2D eigenvalue weighted by Gasteiger charge is -2.18. The average Bonchev–Trinajstić information content (AvgIpc) is 2.48. The van der Waals surface area contributed by atoms with Gasteiger partial charge in [-0.15, -0.1) is 0 Å². The minimum atomic E-state index is -0.335. The SMILES string of the molecule is CC(C)(C)[P+](=S)CCP(c1ccccc1)c1ccccc1. The van der Waals surface area contributed by atoms with E-state index in [0.717, 1.165) is 0 Å². The Bertz CT molecular complexity index is 534. The lowest BCUT2D eigenvalue weighted by Crippen LogP contribution is -2.17. The Hall–Kier alpha value is -0.610. The summed E-state index contributed by atoms with van der Waals surface area (Å²) >= 11 is 5.77. The first-order valence-corrected chi connectivity index (χ1v) is 11.4. The van der Waals surface area contributed by atoms with Crippen molar-refractivity contribution in [3.8, 4) is 0 Å². The standard InChI is InChI=1S/C18H23P2S/c1-18(2,3)20(21)15-14-19(16-10-6-4-7-11-16)17-12-8-5-9-13-17/h4-13H,14-15H2,1-3H3/q+1. The van der Waals surface area contributed by atoms with E-state index in [9.17, 15) is 0 Å². The van der Waals surface area contributed by atoms with Gasteiger partial charge in [0.25, 0.3) is 0 Å². The van der Waals surface area contributed by atoms with E-state index in [2.05, 4.69) is 81.4 Å². The monoisotopic (exact) mass is 333 g/mol. The van der Waals surface area contributed by atoms with Crippen molar-refractivity contribution in [2.75, 3.05) is 12.3 Å². The second kappa shape index (κ2) is 7.59. The molecule has 0 aliphatic heterocycles. The molecule has 1 unspecified atom stereocenters. The molecule has 0 aromatic heterocycles. The zero-order valence-corrected chi connectivity index (χ0v) is 15.6. The molecule has 21 heavy (non-hydrogen) atoms. The lowest BCUT2D eigenvalue weighted by atomic mass is 10.3. The molecule has 0 aliphatic carbocycles. The van der Waals surface area contributed by atoms with Gasteiger partial charge in [0.1, 0.15) is 11.3 Å². The summed E-state index contributed by atoms with van der Waals surface area (Å²) in [5, 5.41) is 3.20. The Kier molecular flexibility index (Phi) is 6.06. The maximum absolute atomic E-state index is 5.77. The van der Waals surface area contributed by atoms with Gasteiger partial charge in [0.2, 0.25) is 0 Å². The van der Waals surface area contributed by atoms with Crippen LogP contribution in [0.25, 0.3) is 0 Å². The van der Waals surface area contributed by atoms with Crippen LogP contribution in [0.1, 0.15) is 20.8 Å². The topological polar surface area (TPSA) is 0 Å². The summed E-state index contributed by atoms with van der Waals surface area (Å²) in [5.74, 6) is 0. The van der Waals surface area contributed by atoms with Crippen molar-refractivity contribution >= 4 is 37.0 Å². The Morgan fingerprint density at radius 3 is 1.67 bits per heavy atom. The highest BCUT2D eigenvalue weighted by molar-refractivity contribution is 8.06. The first-order chi connectivity index (χ1) is 9.98. The van der Waals surface area contributed by atoms with Crippen LogP contribution in [0.15, 0.2) is 60.7 Å². The van der Waals surface area contributed by atoms with Crippen molar-refractivity contribution in [2.45, 2.75) is 25.9 Å². The summed E-state index contributed by atoms with van der Waals surface area (Å²) in [6.45, 7) is 6.50. The second-order valence-corrected chi connectivity index (χ2v) is 12.3. The van der Waals surface area contributed by atoms with Gasteiger partial charge in [-0.05, 0) is 39.3 Å². The molecule has 110 valence electrons. The van der Waals surface area contributed by atoms with E-state index in [1.807, 2.05) is 0 Å². The van der Waals surface area contributed by atoms with Crippen molar-refractivity contribution < 1.29 is 0 Å². The molecule has 1 atom stereocenters. The van der Waals surface area contributed by atoms with E-state index in [1.165, 1.54) is 22.9 Å². The molecule has 0 aliphatic rings.